The summed E-state index contributed by atoms with van der Waals surface area (Å²) in [7, 11) is 0. The quantitative estimate of drug-likeness (QED) is 0.732. The molecule has 0 N–H and O–H groups in total. The first kappa shape index (κ1) is 15.2. The second kappa shape index (κ2) is 6.66. The molecule has 1 aromatic heterocycles. The number of aryl methyl sites for hydroxylation is 1. The Balaban J connectivity index is 1.61. The Bertz CT molecular complexity index is 566. The van der Waals surface area contributed by atoms with Crippen LogP contribution >= 0.6 is 0 Å². The largest absolute Gasteiger partial charge is 0.360 e. The van der Waals surface area contributed by atoms with E-state index in [9.17, 15) is 4.79 Å². The maximum atomic E-state index is 13.3. The SMILES string of the molecule is O=C(c1noc2c1CCCCC2)N1CCCC[C@H]2CCCC[C@H]21. The van der Waals surface area contributed by atoms with Gasteiger partial charge in [0.25, 0.3) is 5.91 Å². The fourth-order valence-corrected chi connectivity index (χ4v) is 4.91. The Morgan fingerprint density at radius 2 is 1.74 bits per heavy atom. The Morgan fingerprint density at radius 3 is 2.65 bits per heavy atom. The van der Waals surface area contributed by atoms with Crippen LogP contribution in [0.1, 0.15) is 86.0 Å². The lowest BCUT2D eigenvalue weighted by molar-refractivity contribution is 0.0557. The minimum atomic E-state index is 0.149. The monoisotopic (exact) mass is 316 g/mol. The van der Waals surface area contributed by atoms with Crippen LogP contribution in [-0.4, -0.2) is 28.6 Å². The standard InChI is InChI=1S/C19H28N2O2/c22-19(18-15-10-2-1-3-12-17(15)23-20-18)21-13-7-6-9-14-8-4-5-11-16(14)21/h14,16H,1-13H2/t14-,16-/m1/s1. The number of aromatic nitrogens is 1. The molecule has 4 heteroatoms. The Hall–Kier alpha value is -1.32. The van der Waals surface area contributed by atoms with Gasteiger partial charge in [-0.15, -0.1) is 0 Å². The van der Waals surface area contributed by atoms with E-state index in [-0.39, 0.29) is 5.91 Å². The van der Waals surface area contributed by atoms with Gasteiger partial charge in [-0.3, -0.25) is 4.79 Å². The summed E-state index contributed by atoms with van der Waals surface area (Å²) in [4.78, 5) is 15.4. The smallest absolute Gasteiger partial charge is 0.276 e. The summed E-state index contributed by atoms with van der Waals surface area (Å²) in [6, 6.07) is 0.442. The third-order valence-electron chi connectivity index (χ3n) is 6.16. The molecule has 126 valence electrons. The molecule has 1 aliphatic heterocycles. The molecule has 23 heavy (non-hydrogen) atoms. The molecule has 3 aliphatic rings. The number of hydrogen-bond acceptors (Lipinski definition) is 3. The lowest BCUT2D eigenvalue weighted by atomic mass is 9.81. The summed E-state index contributed by atoms with van der Waals surface area (Å²) in [5.74, 6) is 1.83. The topological polar surface area (TPSA) is 46.3 Å². The van der Waals surface area contributed by atoms with Gasteiger partial charge in [-0.25, -0.2) is 0 Å². The lowest BCUT2D eigenvalue weighted by Gasteiger charge is -2.38. The number of amides is 1. The first-order valence-corrected chi connectivity index (χ1v) is 9.63. The second-order valence-corrected chi connectivity index (χ2v) is 7.60. The molecule has 0 aromatic carbocycles. The van der Waals surface area contributed by atoms with Gasteiger partial charge in [0.15, 0.2) is 5.69 Å². The van der Waals surface area contributed by atoms with Crippen LogP contribution in [0.15, 0.2) is 4.52 Å². The minimum absolute atomic E-state index is 0.149. The van der Waals surface area contributed by atoms with Gasteiger partial charge in [-0.1, -0.05) is 30.8 Å². The van der Waals surface area contributed by atoms with Crippen molar-refractivity contribution in [2.75, 3.05) is 6.54 Å². The van der Waals surface area contributed by atoms with E-state index in [2.05, 4.69) is 10.1 Å². The summed E-state index contributed by atoms with van der Waals surface area (Å²) in [5.41, 5.74) is 1.75. The van der Waals surface area contributed by atoms with E-state index in [0.29, 0.717) is 17.7 Å². The molecule has 1 amide bonds. The zero-order valence-electron chi connectivity index (χ0n) is 14.1. The van der Waals surface area contributed by atoms with Crippen molar-refractivity contribution in [3.8, 4) is 0 Å². The van der Waals surface area contributed by atoms with Gasteiger partial charge in [0, 0.05) is 24.6 Å². The highest BCUT2D eigenvalue weighted by molar-refractivity contribution is 5.94. The summed E-state index contributed by atoms with van der Waals surface area (Å²) in [6.45, 7) is 0.904. The van der Waals surface area contributed by atoms with Crippen molar-refractivity contribution in [2.24, 2.45) is 5.92 Å². The zero-order chi connectivity index (χ0) is 15.6. The van der Waals surface area contributed by atoms with Crippen LogP contribution in [0.25, 0.3) is 0 Å². The number of hydrogen-bond donors (Lipinski definition) is 0. The van der Waals surface area contributed by atoms with E-state index in [0.717, 1.165) is 50.0 Å². The van der Waals surface area contributed by atoms with Crippen LogP contribution < -0.4 is 0 Å². The number of likely N-dealkylation sites (tertiary alicyclic amines) is 1. The molecule has 4 nitrogen and oxygen atoms in total. The van der Waals surface area contributed by atoms with Crippen molar-refractivity contribution in [1.29, 1.82) is 0 Å². The summed E-state index contributed by atoms with van der Waals surface area (Å²) in [6.07, 6.45) is 14.2. The van der Waals surface area contributed by atoms with E-state index < -0.39 is 0 Å². The van der Waals surface area contributed by atoms with Crippen molar-refractivity contribution < 1.29 is 9.32 Å². The van der Waals surface area contributed by atoms with E-state index >= 15 is 0 Å². The van der Waals surface area contributed by atoms with Crippen LogP contribution in [0.3, 0.4) is 0 Å². The Kier molecular flexibility index (Phi) is 4.41. The maximum absolute atomic E-state index is 13.3. The van der Waals surface area contributed by atoms with Crippen LogP contribution in [0.5, 0.6) is 0 Å². The van der Waals surface area contributed by atoms with Crippen molar-refractivity contribution in [3.63, 3.8) is 0 Å². The van der Waals surface area contributed by atoms with Gasteiger partial charge >= 0.3 is 0 Å². The highest BCUT2D eigenvalue weighted by Crippen LogP contribution is 2.36. The predicted octanol–water partition coefficient (Wildman–Crippen LogP) is 4.13. The van der Waals surface area contributed by atoms with Crippen molar-refractivity contribution in [3.05, 3.63) is 17.0 Å². The molecule has 0 unspecified atom stereocenters. The first-order chi connectivity index (χ1) is 11.3. The zero-order valence-corrected chi connectivity index (χ0v) is 14.1. The molecule has 0 radical (unpaired) electrons. The molecule has 1 saturated heterocycles. The third-order valence-corrected chi connectivity index (χ3v) is 6.16. The van der Waals surface area contributed by atoms with Gasteiger partial charge < -0.3 is 9.42 Å². The van der Waals surface area contributed by atoms with Crippen LogP contribution in [0, 0.1) is 5.92 Å². The second-order valence-electron chi connectivity index (χ2n) is 7.60. The average Bonchev–Trinajstić information content (AvgIpc) is 2.76. The molecule has 0 bridgehead atoms. The number of fused-ring (bicyclic) bond motifs is 2. The molecular formula is C19H28N2O2. The van der Waals surface area contributed by atoms with Gasteiger partial charge in [0.1, 0.15) is 5.76 Å². The van der Waals surface area contributed by atoms with E-state index in [1.807, 2.05) is 0 Å². The predicted molar refractivity (Wildman–Crippen MR) is 88.4 cm³/mol. The first-order valence-electron chi connectivity index (χ1n) is 9.63. The van der Waals surface area contributed by atoms with Crippen molar-refractivity contribution in [1.82, 2.24) is 10.1 Å². The number of nitrogens with zero attached hydrogens (tertiary/aromatic N) is 2. The molecule has 1 saturated carbocycles. The maximum Gasteiger partial charge on any atom is 0.276 e. The van der Waals surface area contributed by atoms with Gasteiger partial charge in [0.2, 0.25) is 0 Å². The summed E-state index contributed by atoms with van der Waals surface area (Å²) < 4.78 is 5.55. The fraction of sp³-hybridized carbons (Fsp3) is 0.789. The highest BCUT2D eigenvalue weighted by Gasteiger charge is 2.36. The molecule has 1 aromatic rings. The van der Waals surface area contributed by atoms with Crippen molar-refractivity contribution >= 4 is 5.91 Å². The van der Waals surface area contributed by atoms with E-state index in [1.165, 1.54) is 44.9 Å². The molecule has 2 atom stereocenters. The highest BCUT2D eigenvalue weighted by atomic mass is 16.5. The lowest BCUT2D eigenvalue weighted by Crippen LogP contribution is -2.45. The minimum Gasteiger partial charge on any atom is -0.360 e. The molecule has 2 heterocycles. The van der Waals surface area contributed by atoms with Crippen LogP contribution in [-0.2, 0) is 12.8 Å². The summed E-state index contributed by atoms with van der Waals surface area (Å²) >= 11 is 0. The fourth-order valence-electron chi connectivity index (χ4n) is 4.91. The van der Waals surface area contributed by atoms with Gasteiger partial charge in [-0.2, -0.15) is 0 Å². The summed E-state index contributed by atoms with van der Waals surface area (Å²) in [5, 5.41) is 4.22. The number of rotatable bonds is 1. The van der Waals surface area contributed by atoms with Crippen molar-refractivity contribution in [2.45, 2.75) is 83.1 Å². The van der Waals surface area contributed by atoms with E-state index in [1.54, 1.807) is 0 Å². The Labute approximate surface area is 138 Å². The third kappa shape index (κ3) is 2.92. The van der Waals surface area contributed by atoms with Gasteiger partial charge in [0.05, 0.1) is 0 Å². The number of carbonyl (C=O) groups excluding carboxylic acids is 1. The normalized spacial score (nSPS) is 28.4. The molecule has 4 rings (SSSR count). The van der Waals surface area contributed by atoms with Crippen LogP contribution in [0.4, 0.5) is 0 Å². The number of carbonyl (C=O) groups is 1. The van der Waals surface area contributed by atoms with Crippen LogP contribution in [0.2, 0.25) is 0 Å². The molecular weight excluding hydrogens is 288 g/mol. The Morgan fingerprint density at radius 1 is 0.957 bits per heavy atom. The van der Waals surface area contributed by atoms with E-state index in [4.69, 9.17) is 4.52 Å². The van der Waals surface area contributed by atoms with Gasteiger partial charge in [-0.05, 0) is 50.9 Å². The molecule has 2 fully saturated rings. The average molecular weight is 316 g/mol. The molecule has 2 aliphatic carbocycles. The molecule has 0 spiro atoms.